The van der Waals surface area contributed by atoms with E-state index in [0.717, 1.165) is 16.7 Å². The standard InChI is InChI=1S/C22H18FN3O2/c1-12-4-7-15(8-5-12)19-11-17(20-14(3)26-28-22(20)25-19)21(27)24-18-10-16(23)9-6-13(18)2/h4-11H,1-3H3,(H,24,27). The largest absolute Gasteiger partial charge is 0.335 e. The number of nitrogens with zero attached hydrogens (tertiary/aromatic N) is 2. The summed E-state index contributed by atoms with van der Waals surface area (Å²) in [6.45, 7) is 5.56. The number of hydrogen-bond donors (Lipinski definition) is 1. The molecule has 0 aliphatic carbocycles. The molecule has 4 rings (SSSR count). The van der Waals surface area contributed by atoms with Crippen molar-refractivity contribution in [3.05, 3.63) is 76.7 Å². The number of fused-ring (bicyclic) bond motifs is 1. The molecule has 140 valence electrons. The number of halogens is 1. The van der Waals surface area contributed by atoms with E-state index in [1.54, 1.807) is 26.0 Å². The smallest absolute Gasteiger partial charge is 0.259 e. The summed E-state index contributed by atoms with van der Waals surface area (Å²) < 4.78 is 18.9. The second-order valence-corrected chi connectivity index (χ2v) is 6.78. The zero-order chi connectivity index (χ0) is 19.8. The number of amides is 1. The van der Waals surface area contributed by atoms with Crippen LogP contribution in [0.1, 0.15) is 27.2 Å². The van der Waals surface area contributed by atoms with Crippen molar-refractivity contribution in [2.45, 2.75) is 20.8 Å². The Bertz CT molecular complexity index is 1200. The van der Waals surface area contributed by atoms with Crippen molar-refractivity contribution in [1.29, 1.82) is 0 Å². The van der Waals surface area contributed by atoms with Crippen LogP contribution in [0.4, 0.5) is 10.1 Å². The van der Waals surface area contributed by atoms with Crippen molar-refractivity contribution in [2.75, 3.05) is 5.32 Å². The average molecular weight is 375 g/mol. The number of carbonyl (C=O) groups is 1. The van der Waals surface area contributed by atoms with Gasteiger partial charge in [0, 0.05) is 11.3 Å². The minimum Gasteiger partial charge on any atom is -0.335 e. The number of pyridine rings is 1. The molecule has 2 heterocycles. The van der Waals surface area contributed by atoms with Gasteiger partial charge < -0.3 is 9.84 Å². The predicted octanol–water partition coefficient (Wildman–Crippen LogP) is 5.21. The molecule has 4 aromatic rings. The Hall–Kier alpha value is -3.54. The number of rotatable bonds is 3. The van der Waals surface area contributed by atoms with Crippen LogP contribution in [-0.2, 0) is 0 Å². The van der Waals surface area contributed by atoms with Crippen LogP contribution in [0.25, 0.3) is 22.4 Å². The summed E-state index contributed by atoms with van der Waals surface area (Å²) in [7, 11) is 0. The molecule has 1 N–H and O–H groups in total. The van der Waals surface area contributed by atoms with Crippen LogP contribution in [0.15, 0.2) is 53.1 Å². The minimum atomic E-state index is -0.415. The topological polar surface area (TPSA) is 68.0 Å². The molecule has 0 radical (unpaired) electrons. The number of carbonyl (C=O) groups excluding carboxylic acids is 1. The molecule has 28 heavy (non-hydrogen) atoms. The fraction of sp³-hybridized carbons (Fsp3) is 0.136. The maximum absolute atomic E-state index is 13.6. The third-order valence-corrected chi connectivity index (χ3v) is 4.66. The zero-order valence-corrected chi connectivity index (χ0v) is 15.7. The molecule has 0 saturated carbocycles. The molecule has 1 amide bonds. The van der Waals surface area contributed by atoms with Crippen LogP contribution >= 0.6 is 0 Å². The monoisotopic (exact) mass is 375 g/mol. The number of benzene rings is 2. The zero-order valence-electron chi connectivity index (χ0n) is 15.7. The molecule has 0 unspecified atom stereocenters. The van der Waals surface area contributed by atoms with E-state index in [1.165, 1.54) is 12.1 Å². The Morgan fingerprint density at radius 1 is 1.04 bits per heavy atom. The van der Waals surface area contributed by atoms with E-state index in [4.69, 9.17) is 4.52 Å². The number of anilines is 1. The molecule has 0 saturated heterocycles. The Morgan fingerprint density at radius 3 is 2.54 bits per heavy atom. The first-order valence-corrected chi connectivity index (χ1v) is 8.84. The van der Waals surface area contributed by atoms with Gasteiger partial charge >= 0.3 is 0 Å². The Labute approximate surface area is 161 Å². The van der Waals surface area contributed by atoms with E-state index in [-0.39, 0.29) is 11.6 Å². The fourth-order valence-corrected chi connectivity index (χ4v) is 3.06. The predicted molar refractivity (Wildman–Crippen MR) is 106 cm³/mol. The summed E-state index contributed by atoms with van der Waals surface area (Å²) >= 11 is 0. The highest BCUT2D eigenvalue weighted by Gasteiger charge is 2.20. The molecule has 0 atom stereocenters. The second kappa shape index (κ2) is 6.88. The Balaban J connectivity index is 1.82. The molecule has 6 heteroatoms. The van der Waals surface area contributed by atoms with Crippen molar-refractivity contribution in [3.8, 4) is 11.3 Å². The van der Waals surface area contributed by atoms with Crippen molar-refractivity contribution < 1.29 is 13.7 Å². The lowest BCUT2D eigenvalue weighted by Gasteiger charge is -2.10. The SMILES string of the molecule is Cc1ccc(-c2cc(C(=O)Nc3cc(F)ccc3C)c3c(C)noc3n2)cc1. The first-order valence-electron chi connectivity index (χ1n) is 8.84. The molecule has 0 fully saturated rings. The summed E-state index contributed by atoms with van der Waals surface area (Å²) in [5.74, 6) is -0.789. The summed E-state index contributed by atoms with van der Waals surface area (Å²) in [6, 6.07) is 13.8. The first kappa shape index (κ1) is 17.9. The number of aromatic nitrogens is 2. The summed E-state index contributed by atoms with van der Waals surface area (Å²) in [4.78, 5) is 17.6. The number of nitrogens with one attached hydrogen (secondary N) is 1. The van der Waals surface area contributed by atoms with E-state index in [1.807, 2.05) is 31.2 Å². The summed E-state index contributed by atoms with van der Waals surface area (Å²) in [5, 5.41) is 7.28. The van der Waals surface area contributed by atoms with Crippen molar-refractivity contribution in [1.82, 2.24) is 10.1 Å². The molecule has 0 spiro atoms. The molecular formula is C22H18FN3O2. The van der Waals surface area contributed by atoms with Gasteiger partial charge in [0.25, 0.3) is 11.6 Å². The molecule has 2 aromatic carbocycles. The normalized spacial score (nSPS) is 11.0. The lowest BCUT2D eigenvalue weighted by atomic mass is 10.0. The van der Waals surface area contributed by atoms with Gasteiger partial charge in [-0.25, -0.2) is 9.37 Å². The first-order chi connectivity index (χ1) is 13.4. The van der Waals surface area contributed by atoms with Gasteiger partial charge in [0.05, 0.1) is 22.3 Å². The van der Waals surface area contributed by atoms with Crippen LogP contribution in [0, 0.1) is 26.6 Å². The van der Waals surface area contributed by atoms with Crippen molar-refractivity contribution >= 4 is 22.7 Å². The maximum Gasteiger partial charge on any atom is 0.259 e. The van der Waals surface area contributed by atoms with Gasteiger partial charge in [-0.15, -0.1) is 0 Å². The molecule has 5 nitrogen and oxygen atoms in total. The van der Waals surface area contributed by atoms with Gasteiger partial charge in [-0.1, -0.05) is 41.1 Å². The maximum atomic E-state index is 13.6. The van der Waals surface area contributed by atoms with Crippen LogP contribution in [0.5, 0.6) is 0 Å². The van der Waals surface area contributed by atoms with Crippen molar-refractivity contribution in [2.24, 2.45) is 0 Å². The van der Waals surface area contributed by atoms with Crippen LogP contribution in [0.2, 0.25) is 0 Å². The fourth-order valence-electron chi connectivity index (χ4n) is 3.06. The van der Waals surface area contributed by atoms with Gasteiger partial charge in [-0.05, 0) is 44.5 Å². The molecule has 0 bridgehead atoms. The lowest BCUT2D eigenvalue weighted by molar-refractivity contribution is 0.102. The summed E-state index contributed by atoms with van der Waals surface area (Å²) in [6.07, 6.45) is 0. The molecule has 0 aliphatic heterocycles. The van der Waals surface area contributed by atoms with E-state index < -0.39 is 5.82 Å². The highest BCUT2D eigenvalue weighted by Crippen LogP contribution is 2.28. The van der Waals surface area contributed by atoms with E-state index in [9.17, 15) is 9.18 Å². The minimum absolute atomic E-state index is 0.289. The van der Waals surface area contributed by atoms with E-state index in [2.05, 4.69) is 15.5 Å². The molecule has 2 aromatic heterocycles. The third-order valence-electron chi connectivity index (χ3n) is 4.66. The van der Waals surface area contributed by atoms with Crippen LogP contribution in [-0.4, -0.2) is 16.0 Å². The van der Waals surface area contributed by atoms with Gasteiger partial charge in [0.2, 0.25) is 0 Å². The van der Waals surface area contributed by atoms with Crippen LogP contribution in [0.3, 0.4) is 0 Å². The highest BCUT2D eigenvalue weighted by molar-refractivity contribution is 6.13. The van der Waals surface area contributed by atoms with Gasteiger partial charge in [-0.3, -0.25) is 4.79 Å². The van der Waals surface area contributed by atoms with E-state index in [0.29, 0.717) is 28.0 Å². The molecule has 0 aliphatic rings. The Kier molecular flexibility index (Phi) is 4.39. The molecular weight excluding hydrogens is 357 g/mol. The van der Waals surface area contributed by atoms with Gasteiger partial charge in [-0.2, -0.15) is 0 Å². The third kappa shape index (κ3) is 3.24. The van der Waals surface area contributed by atoms with E-state index >= 15 is 0 Å². The van der Waals surface area contributed by atoms with Gasteiger partial charge in [0.15, 0.2) is 0 Å². The lowest BCUT2D eigenvalue weighted by Crippen LogP contribution is -2.14. The Morgan fingerprint density at radius 2 is 1.79 bits per heavy atom. The van der Waals surface area contributed by atoms with Crippen molar-refractivity contribution in [3.63, 3.8) is 0 Å². The highest BCUT2D eigenvalue weighted by atomic mass is 19.1. The van der Waals surface area contributed by atoms with Gasteiger partial charge in [0.1, 0.15) is 5.82 Å². The van der Waals surface area contributed by atoms with Crippen LogP contribution < -0.4 is 5.32 Å². The quantitative estimate of drug-likeness (QED) is 0.534. The second-order valence-electron chi connectivity index (χ2n) is 6.78. The number of hydrogen-bond acceptors (Lipinski definition) is 4. The summed E-state index contributed by atoms with van der Waals surface area (Å²) in [5.41, 5.74) is 5.00. The average Bonchev–Trinajstić information content (AvgIpc) is 3.05. The number of aryl methyl sites for hydroxylation is 3.